The van der Waals surface area contributed by atoms with Gasteiger partial charge >= 0.3 is 5.97 Å². The molecule has 0 radical (unpaired) electrons. The van der Waals surface area contributed by atoms with Crippen molar-refractivity contribution >= 4 is 11.7 Å². The lowest BCUT2D eigenvalue weighted by Crippen LogP contribution is -2.61. The van der Waals surface area contributed by atoms with Gasteiger partial charge < -0.3 is 63.7 Å². The van der Waals surface area contributed by atoms with Crippen molar-refractivity contribution in [2.24, 2.45) is 28.8 Å². The average Bonchev–Trinajstić information content (AvgIpc) is 3.11. The quantitative estimate of drug-likeness (QED) is 0.123. The maximum atomic E-state index is 14.3. The first-order valence-electron chi connectivity index (χ1n) is 20.2. The molecular formula is C40H74N2O13. The highest BCUT2D eigenvalue weighted by Crippen LogP contribution is 2.41. The number of likely N-dealkylation sites (N-methyl/N-ethyl adjacent to an activating group) is 1. The topological polar surface area (TPSA) is 198 Å². The predicted octanol–water partition coefficient (Wildman–Crippen LogP) is 3.00. The fraction of sp³-hybridized carbons (Fsp3) is 0.950. The van der Waals surface area contributed by atoms with Gasteiger partial charge in [0.1, 0.15) is 30.5 Å². The molecule has 3 aliphatic heterocycles. The van der Waals surface area contributed by atoms with E-state index >= 15 is 0 Å². The van der Waals surface area contributed by atoms with Gasteiger partial charge in [-0.3, -0.25) is 4.79 Å². The van der Waals surface area contributed by atoms with E-state index < -0.39 is 102 Å². The molecule has 322 valence electrons. The Balaban J connectivity index is 2.24. The second-order valence-electron chi connectivity index (χ2n) is 17.4. The highest BCUT2D eigenvalue weighted by molar-refractivity contribution is 5.88. The van der Waals surface area contributed by atoms with E-state index in [0.717, 1.165) is 0 Å². The summed E-state index contributed by atoms with van der Waals surface area (Å²) in [4.78, 5) is 21.8. The molecule has 15 heteroatoms. The molecule has 55 heavy (non-hydrogen) atoms. The van der Waals surface area contributed by atoms with Gasteiger partial charge in [-0.1, -0.05) is 39.8 Å². The number of ether oxygens (including phenoxy) is 6. The van der Waals surface area contributed by atoms with Gasteiger partial charge in [0.2, 0.25) is 0 Å². The summed E-state index contributed by atoms with van der Waals surface area (Å²) < 4.78 is 37.6. The maximum absolute atomic E-state index is 14.3. The number of oxime groups is 1. The minimum atomic E-state index is -1.92. The zero-order chi connectivity index (χ0) is 41.8. The number of nitrogens with zero attached hydrogens (tertiary/aromatic N) is 2. The number of hydrogen-bond donors (Lipinski definition) is 5. The number of cyclic esters (lactones) is 1. The summed E-state index contributed by atoms with van der Waals surface area (Å²) in [5.41, 5.74) is -4.28. The first-order valence-corrected chi connectivity index (χ1v) is 20.2. The molecule has 18 atom stereocenters. The normalized spacial score (nSPS) is 47.7. The highest BCUT2D eigenvalue weighted by Gasteiger charge is 2.53. The van der Waals surface area contributed by atoms with Gasteiger partial charge in [-0.25, -0.2) is 0 Å². The van der Waals surface area contributed by atoms with Gasteiger partial charge in [-0.15, -0.1) is 0 Å². The molecule has 0 bridgehead atoms. The lowest BCUT2D eigenvalue weighted by Gasteiger charge is -2.49. The van der Waals surface area contributed by atoms with Crippen molar-refractivity contribution < 1.29 is 63.6 Å². The molecule has 0 aromatic carbocycles. The van der Waals surface area contributed by atoms with Gasteiger partial charge in [-0.05, 0) is 81.3 Å². The Bertz CT molecular complexity index is 1250. The third-order valence-electron chi connectivity index (χ3n) is 12.3. The van der Waals surface area contributed by atoms with Crippen LogP contribution >= 0.6 is 0 Å². The Labute approximate surface area is 328 Å². The third-order valence-corrected chi connectivity index (χ3v) is 12.3. The summed E-state index contributed by atoms with van der Waals surface area (Å²) in [5, 5.41) is 63.4. The molecule has 15 nitrogen and oxygen atoms in total. The van der Waals surface area contributed by atoms with Crippen LogP contribution in [0.4, 0.5) is 0 Å². The predicted molar refractivity (Wildman–Crippen MR) is 205 cm³/mol. The second kappa shape index (κ2) is 19.5. The van der Waals surface area contributed by atoms with Gasteiger partial charge in [0.25, 0.3) is 0 Å². The number of aliphatic hydroxyl groups excluding tert-OH is 3. The zero-order valence-corrected chi connectivity index (χ0v) is 35.8. The van der Waals surface area contributed by atoms with Crippen LogP contribution in [0, 0.1) is 23.7 Å². The summed E-state index contributed by atoms with van der Waals surface area (Å²) in [6.45, 7) is 19.4. The highest BCUT2D eigenvalue weighted by atomic mass is 16.7. The van der Waals surface area contributed by atoms with E-state index in [2.05, 4.69) is 5.16 Å². The van der Waals surface area contributed by atoms with Crippen molar-refractivity contribution in [2.45, 2.75) is 193 Å². The van der Waals surface area contributed by atoms with Crippen LogP contribution in [0.5, 0.6) is 0 Å². The minimum Gasteiger partial charge on any atom is -0.459 e. The van der Waals surface area contributed by atoms with Gasteiger partial charge in [0.05, 0.1) is 53.4 Å². The van der Waals surface area contributed by atoms with Crippen LogP contribution in [-0.2, 0) is 38.1 Å². The molecule has 3 aliphatic rings. The lowest BCUT2D eigenvalue weighted by molar-refractivity contribution is -0.317. The molecule has 5 N–H and O–H groups in total. The summed E-state index contributed by atoms with van der Waals surface area (Å²) in [6, 6.07) is -0.307. The van der Waals surface area contributed by atoms with Crippen LogP contribution in [-0.4, -0.2) is 154 Å². The number of rotatable bonds is 10. The number of carbonyl (C=O) groups is 1. The largest absolute Gasteiger partial charge is 0.459 e. The summed E-state index contributed by atoms with van der Waals surface area (Å²) >= 11 is 0. The minimum absolute atomic E-state index is 0.0264. The number of hydrogen-bond acceptors (Lipinski definition) is 15. The van der Waals surface area contributed by atoms with Crippen LogP contribution in [0.25, 0.3) is 0 Å². The van der Waals surface area contributed by atoms with Crippen molar-refractivity contribution in [2.75, 3.05) is 27.8 Å². The molecule has 0 aromatic heterocycles. The number of aliphatic hydroxyl groups is 5. The van der Waals surface area contributed by atoms with E-state index in [0.29, 0.717) is 25.2 Å². The smallest absolute Gasteiger partial charge is 0.311 e. The first-order chi connectivity index (χ1) is 25.5. The molecule has 0 saturated carbocycles. The first kappa shape index (κ1) is 47.9. The van der Waals surface area contributed by atoms with Crippen molar-refractivity contribution in [1.29, 1.82) is 0 Å². The molecular weight excluding hydrogens is 716 g/mol. The van der Waals surface area contributed by atoms with Crippen LogP contribution < -0.4 is 0 Å². The summed E-state index contributed by atoms with van der Waals surface area (Å²) in [6.07, 6.45) is -8.40. The number of esters is 1. The van der Waals surface area contributed by atoms with Crippen molar-refractivity contribution in [3.05, 3.63) is 0 Å². The average molecular weight is 791 g/mol. The van der Waals surface area contributed by atoms with E-state index in [9.17, 15) is 30.3 Å². The van der Waals surface area contributed by atoms with E-state index in [1.807, 2.05) is 39.8 Å². The fourth-order valence-corrected chi connectivity index (χ4v) is 8.81. The van der Waals surface area contributed by atoms with Crippen molar-refractivity contribution in [3.63, 3.8) is 0 Å². The summed E-state index contributed by atoms with van der Waals surface area (Å²) in [5.74, 6) is -3.90. The SMILES string of the molecule is CCCON=C1[C@H](C)CC(C)(O)[C@H](OC2OC(C)CC(N(C)C)C2O)[C@@H](C)[C@H](OC2CC(C)(OC)C(O)C(C)O2)[C@@H](C)C(=O)O[C@H](CC)[C@@](C)(O)[C@H](O)[C@H]1C. The monoisotopic (exact) mass is 791 g/mol. The number of carbonyl (C=O) groups excluding carboxylic acids is 1. The Kier molecular flexibility index (Phi) is 17.0. The molecule has 0 spiro atoms. The Morgan fingerprint density at radius 2 is 1.55 bits per heavy atom. The van der Waals surface area contributed by atoms with E-state index in [-0.39, 0.29) is 31.4 Å². The lowest BCUT2D eigenvalue weighted by atomic mass is 9.73. The van der Waals surface area contributed by atoms with Crippen LogP contribution in [0.15, 0.2) is 5.16 Å². The van der Waals surface area contributed by atoms with Crippen LogP contribution in [0.1, 0.15) is 108 Å². The zero-order valence-electron chi connectivity index (χ0n) is 35.8. The van der Waals surface area contributed by atoms with Crippen LogP contribution in [0.3, 0.4) is 0 Å². The molecule has 9 unspecified atom stereocenters. The maximum Gasteiger partial charge on any atom is 0.311 e. The van der Waals surface area contributed by atoms with Crippen molar-refractivity contribution in [1.82, 2.24) is 4.90 Å². The third kappa shape index (κ3) is 11.0. The molecule has 0 amide bonds. The fourth-order valence-electron chi connectivity index (χ4n) is 8.81. The van der Waals surface area contributed by atoms with Gasteiger partial charge in [0, 0.05) is 37.3 Å². The summed E-state index contributed by atoms with van der Waals surface area (Å²) in [7, 11) is 5.24. The molecule has 3 heterocycles. The second-order valence-corrected chi connectivity index (χ2v) is 17.4. The van der Waals surface area contributed by atoms with E-state index in [1.165, 1.54) is 14.0 Å². The molecule has 3 rings (SSSR count). The standard InChI is InChI=1S/C40H74N2O13/c1-15-17-50-41-30-21(3)19-38(9,47)35(55-37-31(43)27(42(12)13)18-22(4)51-37)24(6)32(54-29-20-39(10,49-14)34(45)26(8)52-29)25(7)36(46)53-28(16-2)40(11,48)33(44)23(30)5/h21-29,31-35,37,43-45,47-48H,15-20H2,1-14H3/t21-,22?,23+,24+,25-,26?,27?,28-,29?,31?,32+,33-,34?,35-,37?,38?,39?,40-/m1/s1. The Morgan fingerprint density at radius 3 is 2.11 bits per heavy atom. The molecule has 3 saturated heterocycles. The number of methoxy groups -OCH3 is 1. The van der Waals surface area contributed by atoms with Gasteiger partial charge in [-0.2, -0.15) is 0 Å². The molecule has 0 aromatic rings. The molecule has 3 fully saturated rings. The van der Waals surface area contributed by atoms with E-state index in [4.69, 9.17) is 33.3 Å². The van der Waals surface area contributed by atoms with Crippen molar-refractivity contribution in [3.8, 4) is 0 Å². The van der Waals surface area contributed by atoms with Crippen LogP contribution in [0.2, 0.25) is 0 Å². The Morgan fingerprint density at radius 1 is 0.909 bits per heavy atom. The van der Waals surface area contributed by atoms with E-state index in [1.54, 1.807) is 48.5 Å². The van der Waals surface area contributed by atoms with Gasteiger partial charge in [0.15, 0.2) is 12.6 Å². The molecule has 0 aliphatic carbocycles. The Hall–Kier alpha value is -1.50.